The van der Waals surface area contributed by atoms with Crippen LogP contribution in [0.25, 0.3) is 10.8 Å². The Labute approximate surface area is 171 Å². The van der Waals surface area contributed by atoms with Gasteiger partial charge in [0.25, 0.3) is 17.4 Å². The first-order valence-electron chi connectivity index (χ1n) is 9.23. The van der Waals surface area contributed by atoms with Crippen LogP contribution in [0, 0.1) is 0 Å². The fourth-order valence-electron chi connectivity index (χ4n) is 2.83. The van der Waals surface area contributed by atoms with Gasteiger partial charge in [0.2, 0.25) is 0 Å². The van der Waals surface area contributed by atoms with Gasteiger partial charge in [0.15, 0.2) is 5.69 Å². The number of unbranched alkanes of at least 4 members (excludes halogenated alkanes) is 2. The van der Waals surface area contributed by atoms with Gasteiger partial charge in [-0.3, -0.25) is 30.2 Å². The summed E-state index contributed by atoms with van der Waals surface area (Å²) in [5.41, 5.74) is 4.47. The van der Waals surface area contributed by atoms with Gasteiger partial charge < -0.3 is 0 Å². The molecule has 0 aliphatic heterocycles. The Kier molecular flexibility index (Phi) is 6.56. The largest absolute Gasteiger partial charge is 0.290 e. The van der Waals surface area contributed by atoms with Crippen LogP contribution < -0.4 is 16.4 Å². The van der Waals surface area contributed by atoms with Crippen LogP contribution in [-0.2, 0) is 6.54 Å². The third kappa shape index (κ3) is 4.78. The molecule has 0 bridgehead atoms. The van der Waals surface area contributed by atoms with E-state index in [-0.39, 0.29) is 16.9 Å². The number of aromatic nitrogens is 3. The van der Waals surface area contributed by atoms with Crippen molar-refractivity contribution < 1.29 is 9.59 Å². The third-order valence-corrected chi connectivity index (χ3v) is 4.54. The van der Waals surface area contributed by atoms with Crippen molar-refractivity contribution in [2.45, 2.75) is 32.7 Å². The molecule has 3 rings (SSSR count). The first-order chi connectivity index (χ1) is 14.0. The van der Waals surface area contributed by atoms with Crippen molar-refractivity contribution in [3.8, 4) is 0 Å². The maximum absolute atomic E-state index is 12.7. The number of pyridine rings is 1. The lowest BCUT2D eigenvalue weighted by Gasteiger charge is -2.11. The highest BCUT2D eigenvalue weighted by molar-refractivity contribution is 6.30. The second-order valence-corrected chi connectivity index (χ2v) is 6.83. The van der Waals surface area contributed by atoms with Gasteiger partial charge in [0, 0.05) is 23.2 Å². The zero-order valence-corrected chi connectivity index (χ0v) is 16.6. The number of hydrogen-bond donors (Lipinski definition) is 2. The van der Waals surface area contributed by atoms with E-state index in [0.717, 1.165) is 19.3 Å². The quantitative estimate of drug-likeness (QED) is 0.477. The summed E-state index contributed by atoms with van der Waals surface area (Å²) in [5, 5.41) is 5.40. The van der Waals surface area contributed by atoms with Crippen LogP contribution in [0.5, 0.6) is 0 Å². The second-order valence-electron chi connectivity index (χ2n) is 6.40. The summed E-state index contributed by atoms with van der Waals surface area (Å²) in [5.74, 6) is -1.26. The van der Waals surface area contributed by atoms with Gasteiger partial charge in [-0.1, -0.05) is 49.6 Å². The summed E-state index contributed by atoms with van der Waals surface area (Å²) in [6, 6.07) is 9.67. The van der Waals surface area contributed by atoms with Gasteiger partial charge in [-0.25, -0.2) is 4.68 Å². The number of amides is 2. The average molecular weight is 414 g/mol. The average Bonchev–Trinajstić information content (AvgIpc) is 2.73. The van der Waals surface area contributed by atoms with Crippen molar-refractivity contribution in [2.75, 3.05) is 0 Å². The number of nitrogens with zero attached hydrogens (tertiary/aromatic N) is 3. The Balaban J connectivity index is 1.85. The summed E-state index contributed by atoms with van der Waals surface area (Å²) in [7, 11) is 0. The van der Waals surface area contributed by atoms with Crippen LogP contribution in [0.15, 0.2) is 47.4 Å². The summed E-state index contributed by atoms with van der Waals surface area (Å²) in [6.45, 7) is 2.48. The van der Waals surface area contributed by atoms with Crippen molar-refractivity contribution in [1.82, 2.24) is 25.6 Å². The number of rotatable bonds is 6. The smallest absolute Gasteiger partial charge is 0.267 e. The minimum atomic E-state index is -0.638. The minimum Gasteiger partial charge on any atom is -0.267 e. The molecular formula is C20H20ClN5O3. The molecule has 2 heterocycles. The lowest BCUT2D eigenvalue weighted by Crippen LogP contribution is -2.43. The zero-order valence-electron chi connectivity index (χ0n) is 15.8. The number of hydrazine groups is 1. The molecule has 0 spiro atoms. The third-order valence-electron chi connectivity index (χ3n) is 4.30. The molecular weight excluding hydrogens is 394 g/mol. The number of nitrogens with one attached hydrogen (secondary N) is 2. The van der Waals surface area contributed by atoms with E-state index in [0.29, 0.717) is 22.3 Å². The molecule has 0 aliphatic rings. The molecule has 3 aromatic rings. The number of carbonyl (C=O) groups is 2. The highest BCUT2D eigenvalue weighted by atomic mass is 35.5. The minimum absolute atomic E-state index is 0.0519. The summed E-state index contributed by atoms with van der Waals surface area (Å²) in [6.07, 6.45) is 4.12. The lowest BCUT2D eigenvalue weighted by molar-refractivity contribution is 0.0841. The van der Waals surface area contributed by atoms with E-state index < -0.39 is 11.8 Å². The van der Waals surface area contributed by atoms with Crippen LogP contribution in [0.4, 0.5) is 0 Å². The molecule has 2 amide bonds. The van der Waals surface area contributed by atoms with E-state index in [2.05, 4.69) is 27.9 Å². The van der Waals surface area contributed by atoms with Crippen LogP contribution in [-0.4, -0.2) is 26.6 Å². The summed E-state index contributed by atoms with van der Waals surface area (Å²) < 4.78 is 1.30. The van der Waals surface area contributed by atoms with Crippen LogP contribution in [0.2, 0.25) is 5.02 Å². The second kappa shape index (κ2) is 9.29. The summed E-state index contributed by atoms with van der Waals surface area (Å²) >= 11 is 5.85. The lowest BCUT2D eigenvalue weighted by atomic mass is 10.1. The van der Waals surface area contributed by atoms with Gasteiger partial charge >= 0.3 is 0 Å². The fourth-order valence-corrected chi connectivity index (χ4v) is 2.99. The van der Waals surface area contributed by atoms with Crippen molar-refractivity contribution in [2.24, 2.45) is 0 Å². The maximum Gasteiger partial charge on any atom is 0.290 e. The maximum atomic E-state index is 12.7. The Morgan fingerprint density at radius 3 is 2.52 bits per heavy atom. The molecule has 9 heteroatoms. The SMILES string of the molecule is CCCCCn1nc(C(=O)NNC(=O)c2cc(Cl)ccn2)c2ccccc2c1=O. The highest BCUT2D eigenvalue weighted by Crippen LogP contribution is 2.13. The van der Waals surface area contributed by atoms with Gasteiger partial charge in [-0.2, -0.15) is 5.10 Å². The molecule has 0 saturated carbocycles. The molecule has 0 unspecified atom stereocenters. The van der Waals surface area contributed by atoms with Crippen LogP contribution in [0.1, 0.15) is 47.2 Å². The molecule has 1 aromatic carbocycles. The Morgan fingerprint density at radius 2 is 1.79 bits per heavy atom. The summed E-state index contributed by atoms with van der Waals surface area (Å²) in [4.78, 5) is 41.4. The molecule has 0 radical (unpaired) electrons. The topological polar surface area (TPSA) is 106 Å². The van der Waals surface area contributed by atoms with Crippen molar-refractivity contribution in [3.63, 3.8) is 0 Å². The molecule has 0 atom stereocenters. The highest BCUT2D eigenvalue weighted by Gasteiger charge is 2.17. The van der Waals surface area contributed by atoms with Crippen LogP contribution in [0.3, 0.4) is 0 Å². The van der Waals surface area contributed by atoms with E-state index in [1.807, 2.05) is 0 Å². The number of benzene rings is 1. The van der Waals surface area contributed by atoms with Crippen molar-refractivity contribution in [3.05, 3.63) is 69.4 Å². The Morgan fingerprint density at radius 1 is 1.07 bits per heavy atom. The molecule has 150 valence electrons. The predicted octanol–water partition coefficient (Wildman–Crippen LogP) is 2.71. The fraction of sp³-hybridized carbons (Fsp3) is 0.250. The molecule has 2 N–H and O–H groups in total. The predicted molar refractivity (Wildman–Crippen MR) is 110 cm³/mol. The number of aryl methyl sites for hydroxylation is 1. The number of hydrogen-bond acceptors (Lipinski definition) is 5. The standard InChI is InChI=1S/C20H20ClN5O3/c1-2-3-6-11-26-20(29)15-8-5-4-7-14(15)17(25-26)19(28)24-23-18(27)16-12-13(21)9-10-22-16/h4-5,7-10,12H,2-3,6,11H2,1H3,(H,23,27)(H,24,28). The van der Waals surface area contributed by atoms with E-state index in [4.69, 9.17) is 11.6 Å². The van der Waals surface area contributed by atoms with Gasteiger partial charge in [-0.05, 0) is 24.6 Å². The molecule has 0 saturated heterocycles. The zero-order chi connectivity index (χ0) is 20.8. The van der Waals surface area contributed by atoms with E-state index >= 15 is 0 Å². The molecule has 8 nitrogen and oxygen atoms in total. The first-order valence-corrected chi connectivity index (χ1v) is 9.61. The molecule has 0 fully saturated rings. The van der Waals surface area contributed by atoms with Crippen molar-refractivity contribution in [1.29, 1.82) is 0 Å². The number of halogens is 1. The normalized spacial score (nSPS) is 10.7. The molecule has 29 heavy (non-hydrogen) atoms. The van der Waals surface area contributed by atoms with Crippen molar-refractivity contribution >= 4 is 34.2 Å². The first kappa shape index (κ1) is 20.5. The molecule has 0 aliphatic carbocycles. The monoisotopic (exact) mass is 413 g/mol. The number of carbonyl (C=O) groups excluding carboxylic acids is 2. The van der Waals surface area contributed by atoms with E-state index in [9.17, 15) is 14.4 Å². The van der Waals surface area contributed by atoms with Gasteiger partial charge in [0.1, 0.15) is 5.69 Å². The van der Waals surface area contributed by atoms with E-state index in [1.54, 1.807) is 24.3 Å². The van der Waals surface area contributed by atoms with Gasteiger partial charge in [-0.15, -0.1) is 0 Å². The van der Waals surface area contributed by atoms with Crippen LogP contribution >= 0.6 is 11.6 Å². The molecule has 2 aromatic heterocycles. The van der Waals surface area contributed by atoms with Gasteiger partial charge in [0.05, 0.1) is 5.39 Å². The van der Waals surface area contributed by atoms with E-state index in [1.165, 1.54) is 23.0 Å². The Hall–Kier alpha value is -3.26. The Bertz CT molecular complexity index is 1110. The number of fused-ring (bicyclic) bond motifs is 1.